The number of rotatable bonds is 4. The van der Waals surface area contributed by atoms with Crippen molar-refractivity contribution in [1.29, 1.82) is 0 Å². The van der Waals surface area contributed by atoms with Gasteiger partial charge in [0.15, 0.2) is 0 Å². The lowest BCUT2D eigenvalue weighted by atomic mass is 10.2. The minimum Gasteiger partial charge on any atom is -0.508 e. The van der Waals surface area contributed by atoms with Crippen LogP contribution in [0, 0.1) is 0 Å². The summed E-state index contributed by atoms with van der Waals surface area (Å²) in [5.74, 6) is 0.332. The summed E-state index contributed by atoms with van der Waals surface area (Å²) in [5.41, 5.74) is 0.906. The number of nitrogens with one attached hydrogen (secondary N) is 1. The lowest BCUT2D eigenvalue weighted by Crippen LogP contribution is -2.12. The van der Waals surface area contributed by atoms with Gasteiger partial charge in [-0.3, -0.25) is 0 Å². The van der Waals surface area contributed by atoms with E-state index in [4.69, 9.17) is 0 Å². The van der Waals surface area contributed by atoms with Crippen LogP contribution in [0.5, 0.6) is 5.75 Å². The summed E-state index contributed by atoms with van der Waals surface area (Å²) in [5, 5.41) is 12.8. The van der Waals surface area contributed by atoms with Crippen molar-refractivity contribution in [2.45, 2.75) is 13.1 Å². The first-order valence-corrected chi connectivity index (χ1v) is 6.40. The highest BCUT2D eigenvalue weighted by Gasteiger charge is 2.03. The summed E-state index contributed by atoms with van der Waals surface area (Å²) in [6, 6.07) is 7.33. The Morgan fingerprint density at radius 1 is 1.31 bits per heavy atom. The van der Waals surface area contributed by atoms with Crippen LogP contribution < -0.4 is 5.32 Å². The largest absolute Gasteiger partial charge is 0.508 e. The Kier molecular flexibility index (Phi) is 3.93. The monoisotopic (exact) mass is 298 g/mol. The highest BCUT2D eigenvalue weighted by Crippen LogP contribution is 2.20. The average Bonchev–Trinajstić information content (AvgIpc) is 2.67. The van der Waals surface area contributed by atoms with E-state index in [9.17, 15) is 5.11 Å². The highest BCUT2D eigenvalue weighted by molar-refractivity contribution is 9.10. The number of phenols is 1. The second-order valence-corrected chi connectivity index (χ2v) is 5.07. The van der Waals surface area contributed by atoms with Crippen molar-refractivity contribution in [2.24, 2.45) is 0 Å². The molecule has 0 amide bonds. The molecule has 2 N–H and O–H groups in total. The smallest absolute Gasteiger partial charge is 0.120 e. The number of nitrogens with zero attached hydrogens (tertiary/aromatic N) is 1. The van der Waals surface area contributed by atoms with E-state index in [0.29, 0.717) is 12.3 Å². The predicted molar refractivity (Wildman–Crippen MR) is 68.5 cm³/mol. The van der Waals surface area contributed by atoms with Crippen LogP contribution in [0.2, 0.25) is 0 Å². The van der Waals surface area contributed by atoms with Crippen molar-refractivity contribution < 1.29 is 5.11 Å². The molecule has 0 spiro atoms. The molecule has 0 aliphatic heterocycles. The molecule has 0 unspecified atom stereocenters. The van der Waals surface area contributed by atoms with Gasteiger partial charge in [-0.05, 0) is 33.5 Å². The first-order chi connectivity index (χ1) is 7.77. The fourth-order valence-corrected chi connectivity index (χ4v) is 2.53. The Balaban J connectivity index is 1.89. The molecule has 2 aromatic rings. The third kappa shape index (κ3) is 2.81. The summed E-state index contributed by atoms with van der Waals surface area (Å²) in [7, 11) is 0. The third-order valence-corrected chi connectivity index (χ3v) is 3.93. The minimum absolute atomic E-state index is 0.332. The molecule has 16 heavy (non-hydrogen) atoms. The predicted octanol–water partition coefficient (Wildman–Crippen LogP) is 2.90. The fraction of sp³-hybridized carbons (Fsp3) is 0.182. The van der Waals surface area contributed by atoms with Crippen molar-refractivity contribution in [3.8, 4) is 5.75 Å². The van der Waals surface area contributed by atoms with E-state index in [-0.39, 0.29) is 0 Å². The molecule has 1 heterocycles. The van der Waals surface area contributed by atoms with Gasteiger partial charge in [-0.2, -0.15) is 4.37 Å². The van der Waals surface area contributed by atoms with Crippen molar-refractivity contribution >= 4 is 27.5 Å². The molecular weight excluding hydrogens is 288 g/mol. The molecular formula is C11H11BrN2OS. The van der Waals surface area contributed by atoms with Crippen molar-refractivity contribution in [3.63, 3.8) is 0 Å². The molecule has 3 nitrogen and oxygen atoms in total. The van der Waals surface area contributed by atoms with Gasteiger partial charge in [-0.1, -0.05) is 18.2 Å². The van der Waals surface area contributed by atoms with Crippen molar-refractivity contribution in [2.75, 3.05) is 0 Å². The summed E-state index contributed by atoms with van der Waals surface area (Å²) >= 11 is 4.89. The van der Waals surface area contributed by atoms with Gasteiger partial charge in [0.2, 0.25) is 0 Å². The molecule has 0 radical (unpaired) electrons. The maximum absolute atomic E-state index is 9.56. The number of para-hydroxylation sites is 1. The molecule has 0 aliphatic carbocycles. The van der Waals surface area contributed by atoms with Crippen LogP contribution in [0.1, 0.15) is 10.4 Å². The summed E-state index contributed by atoms with van der Waals surface area (Å²) in [6.45, 7) is 1.40. The zero-order valence-electron chi connectivity index (χ0n) is 8.48. The molecule has 84 valence electrons. The number of benzene rings is 1. The number of hydrogen-bond acceptors (Lipinski definition) is 4. The Morgan fingerprint density at radius 3 is 2.81 bits per heavy atom. The molecule has 0 saturated heterocycles. The Bertz CT molecular complexity index is 473. The average molecular weight is 299 g/mol. The van der Waals surface area contributed by atoms with Gasteiger partial charge < -0.3 is 10.4 Å². The zero-order chi connectivity index (χ0) is 11.4. The second-order valence-electron chi connectivity index (χ2n) is 3.33. The Morgan fingerprint density at radius 2 is 2.12 bits per heavy atom. The summed E-state index contributed by atoms with van der Waals surface area (Å²) < 4.78 is 5.10. The normalized spacial score (nSPS) is 10.6. The molecule has 0 fully saturated rings. The van der Waals surface area contributed by atoms with Crippen LogP contribution in [-0.4, -0.2) is 9.48 Å². The van der Waals surface area contributed by atoms with Gasteiger partial charge in [-0.15, -0.1) is 0 Å². The number of aromatic nitrogens is 1. The fourth-order valence-electron chi connectivity index (χ4n) is 1.34. The van der Waals surface area contributed by atoms with E-state index in [0.717, 1.165) is 21.5 Å². The van der Waals surface area contributed by atoms with Crippen LogP contribution in [0.15, 0.2) is 34.9 Å². The lowest BCUT2D eigenvalue weighted by Gasteiger charge is -2.05. The molecule has 0 bridgehead atoms. The van der Waals surface area contributed by atoms with Gasteiger partial charge in [0, 0.05) is 18.7 Å². The van der Waals surface area contributed by atoms with Gasteiger partial charge in [0.25, 0.3) is 0 Å². The zero-order valence-corrected chi connectivity index (χ0v) is 10.9. The van der Waals surface area contributed by atoms with Crippen LogP contribution >= 0.6 is 27.5 Å². The van der Waals surface area contributed by atoms with Crippen LogP contribution in [0.4, 0.5) is 0 Å². The van der Waals surface area contributed by atoms with Gasteiger partial charge >= 0.3 is 0 Å². The minimum atomic E-state index is 0.332. The second kappa shape index (κ2) is 5.43. The third-order valence-electron chi connectivity index (χ3n) is 2.19. The molecule has 5 heteroatoms. The first-order valence-electron chi connectivity index (χ1n) is 4.84. The standard InChI is InChI=1S/C11H11BrN2OS/c12-9-6-14-16-11(9)7-13-5-8-3-1-2-4-10(8)15/h1-4,6,13,15H,5,7H2. The van der Waals surface area contributed by atoms with Crippen molar-refractivity contribution in [1.82, 2.24) is 9.69 Å². The molecule has 1 aromatic heterocycles. The van der Waals surface area contributed by atoms with Crippen LogP contribution in [0.3, 0.4) is 0 Å². The Labute approximate surface area is 106 Å². The SMILES string of the molecule is Oc1ccccc1CNCc1sncc1Br. The maximum atomic E-state index is 9.56. The number of hydrogen-bond donors (Lipinski definition) is 2. The summed E-state index contributed by atoms with van der Waals surface area (Å²) in [6.07, 6.45) is 1.79. The molecule has 2 rings (SSSR count). The van der Waals surface area contributed by atoms with Crippen molar-refractivity contribution in [3.05, 3.63) is 45.4 Å². The van der Waals surface area contributed by atoms with Crippen LogP contribution in [-0.2, 0) is 13.1 Å². The first kappa shape index (κ1) is 11.6. The van der Waals surface area contributed by atoms with E-state index in [1.54, 1.807) is 12.3 Å². The van der Waals surface area contributed by atoms with Gasteiger partial charge in [0.1, 0.15) is 5.75 Å². The van der Waals surface area contributed by atoms with Crippen LogP contribution in [0.25, 0.3) is 0 Å². The van der Waals surface area contributed by atoms with E-state index in [1.165, 1.54) is 11.5 Å². The Hall–Kier alpha value is -0.910. The number of aromatic hydroxyl groups is 1. The number of halogens is 1. The molecule has 0 aliphatic rings. The van der Waals surface area contributed by atoms with Gasteiger partial charge in [-0.25, -0.2) is 0 Å². The van der Waals surface area contributed by atoms with E-state index < -0.39 is 0 Å². The summed E-state index contributed by atoms with van der Waals surface area (Å²) in [4.78, 5) is 1.16. The maximum Gasteiger partial charge on any atom is 0.120 e. The van der Waals surface area contributed by atoms with Gasteiger partial charge in [0.05, 0.1) is 15.5 Å². The molecule has 0 atom stereocenters. The molecule has 1 aromatic carbocycles. The van der Waals surface area contributed by atoms with E-state index in [1.807, 2.05) is 18.2 Å². The van der Waals surface area contributed by atoms with E-state index in [2.05, 4.69) is 25.6 Å². The quantitative estimate of drug-likeness (QED) is 0.912. The topological polar surface area (TPSA) is 45.1 Å². The lowest BCUT2D eigenvalue weighted by molar-refractivity contribution is 0.464. The van der Waals surface area contributed by atoms with E-state index >= 15 is 0 Å². The molecule has 0 saturated carbocycles. The number of phenolic OH excluding ortho intramolecular Hbond substituents is 1. The highest BCUT2D eigenvalue weighted by atomic mass is 79.9.